The highest BCUT2D eigenvalue weighted by molar-refractivity contribution is 6.08. The molecule has 1 aliphatic heterocycles. The van der Waals surface area contributed by atoms with Crippen LogP contribution in [0.1, 0.15) is 15.9 Å². The highest BCUT2D eigenvalue weighted by atomic mass is 16.2. The fourth-order valence-corrected chi connectivity index (χ4v) is 3.96. The molecule has 1 aromatic heterocycles. The fraction of sp³-hybridized carbons (Fsp3) is 0.364. The maximum atomic E-state index is 13.0. The number of nitrogens with zero attached hydrogens (tertiary/aromatic N) is 4. The number of carbonyl (C=O) groups excluding carboxylic acids is 1. The van der Waals surface area contributed by atoms with E-state index in [1.165, 1.54) is 0 Å². The number of aromatic nitrogens is 2. The summed E-state index contributed by atoms with van der Waals surface area (Å²) < 4.78 is 3.27. The summed E-state index contributed by atoms with van der Waals surface area (Å²) in [7, 11) is 5.65. The number of anilines is 2. The van der Waals surface area contributed by atoms with E-state index in [0.29, 0.717) is 5.56 Å². The van der Waals surface area contributed by atoms with Crippen molar-refractivity contribution in [3.63, 3.8) is 0 Å². The molecule has 4 rings (SSSR count). The summed E-state index contributed by atoms with van der Waals surface area (Å²) in [6, 6.07) is 11.5. The van der Waals surface area contributed by atoms with Crippen LogP contribution in [0.25, 0.3) is 11.0 Å². The Kier molecular flexibility index (Phi) is 4.92. The molecular formula is C22H27N5O2. The third kappa shape index (κ3) is 3.42. The monoisotopic (exact) mass is 393 g/mol. The summed E-state index contributed by atoms with van der Waals surface area (Å²) in [6.07, 6.45) is 0. The molecule has 7 nitrogen and oxygen atoms in total. The van der Waals surface area contributed by atoms with Gasteiger partial charge >= 0.3 is 5.69 Å². The summed E-state index contributed by atoms with van der Waals surface area (Å²) in [5.74, 6) is -0.140. The third-order valence-corrected chi connectivity index (χ3v) is 5.87. The minimum atomic E-state index is -0.140. The molecule has 2 aromatic carbocycles. The molecule has 1 aliphatic rings. The number of likely N-dealkylation sites (N-methyl/N-ethyl adjacent to an activating group) is 1. The van der Waals surface area contributed by atoms with Gasteiger partial charge in [0.2, 0.25) is 0 Å². The lowest BCUT2D eigenvalue weighted by Gasteiger charge is -2.35. The van der Waals surface area contributed by atoms with E-state index >= 15 is 0 Å². The van der Waals surface area contributed by atoms with Gasteiger partial charge in [0.15, 0.2) is 0 Å². The second-order valence-corrected chi connectivity index (χ2v) is 7.82. The van der Waals surface area contributed by atoms with Crippen LogP contribution in [0.5, 0.6) is 0 Å². The molecule has 0 aliphatic carbocycles. The zero-order valence-electron chi connectivity index (χ0n) is 17.4. The van der Waals surface area contributed by atoms with Crippen molar-refractivity contribution in [3.05, 3.63) is 58.0 Å². The first-order valence-electron chi connectivity index (χ1n) is 9.86. The lowest BCUT2D eigenvalue weighted by atomic mass is 10.1. The number of nitrogens with one attached hydrogen (secondary N) is 1. The average Bonchev–Trinajstić information content (AvgIpc) is 2.92. The molecule has 0 saturated carbocycles. The van der Waals surface area contributed by atoms with E-state index in [2.05, 4.69) is 22.2 Å². The number of imidazole rings is 1. The van der Waals surface area contributed by atoms with E-state index < -0.39 is 0 Å². The smallest absolute Gasteiger partial charge is 0.328 e. The zero-order valence-corrected chi connectivity index (χ0v) is 17.4. The van der Waals surface area contributed by atoms with Gasteiger partial charge in [0.05, 0.1) is 22.4 Å². The fourth-order valence-electron chi connectivity index (χ4n) is 3.96. The first-order chi connectivity index (χ1) is 13.9. The second kappa shape index (κ2) is 7.40. The van der Waals surface area contributed by atoms with Gasteiger partial charge in [0, 0.05) is 45.8 Å². The third-order valence-electron chi connectivity index (χ3n) is 5.87. The summed E-state index contributed by atoms with van der Waals surface area (Å²) in [6.45, 7) is 5.58. The first kappa shape index (κ1) is 19.3. The van der Waals surface area contributed by atoms with Crippen molar-refractivity contribution in [3.8, 4) is 0 Å². The number of aryl methyl sites for hydroxylation is 3. The summed E-state index contributed by atoms with van der Waals surface area (Å²) in [4.78, 5) is 30.0. The quantitative estimate of drug-likeness (QED) is 0.741. The molecule has 1 fully saturated rings. The summed E-state index contributed by atoms with van der Waals surface area (Å²) >= 11 is 0. The van der Waals surface area contributed by atoms with Crippen LogP contribution in [-0.4, -0.2) is 53.2 Å². The number of hydrogen-bond acceptors (Lipinski definition) is 4. The van der Waals surface area contributed by atoms with Crippen LogP contribution in [0.4, 0.5) is 11.4 Å². The largest absolute Gasteiger partial charge is 0.367 e. The van der Waals surface area contributed by atoms with Gasteiger partial charge in [-0.1, -0.05) is 18.2 Å². The van der Waals surface area contributed by atoms with Crippen LogP contribution in [0.3, 0.4) is 0 Å². The normalized spacial score (nSPS) is 15.1. The van der Waals surface area contributed by atoms with Crippen molar-refractivity contribution in [2.75, 3.05) is 43.4 Å². The number of amides is 1. The van der Waals surface area contributed by atoms with Gasteiger partial charge < -0.3 is 15.1 Å². The Morgan fingerprint density at radius 2 is 1.55 bits per heavy atom. The van der Waals surface area contributed by atoms with E-state index in [4.69, 9.17) is 0 Å². The average molecular weight is 393 g/mol. The molecule has 0 unspecified atom stereocenters. The van der Waals surface area contributed by atoms with Gasteiger partial charge in [-0.25, -0.2) is 4.79 Å². The van der Waals surface area contributed by atoms with Crippen molar-refractivity contribution in [1.29, 1.82) is 0 Å². The highest BCUT2D eigenvalue weighted by Crippen LogP contribution is 2.32. The van der Waals surface area contributed by atoms with Crippen molar-refractivity contribution in [2.45, 2.75) is 6.92 Å². The van der Waals surface area contributed by atoms with Gasteiger partial charge in [0.1, 0.15) is 0 Å². The van der Waals surface area contributed by atoms with Crippen LogP contribution >= 0.6 is 0 Å². The molecule has 1 N–H and O–H groups in total. The van der Waals surface area contributed by atoms with Gasteiger partial charge in [-0.05, 0) is 37.7 Å². The van der Waals surface area contributed by atoms with E-state index in [-0.39, 0.29) is 11.6 Å². The molecule has 2 heterocycles. The summed E-state index contributed by atoms with van der Waals surface area (Å²) in [5, 5.41) is 3.11. The molecule has 3 aromatic rings. The maximum absolute atomic E-state index is 13.0. The lowest BCUT2D eigenvalue weighted by Crippen LogP contribution is -2.44. The Hall–Kier alpha value is -3.06. The minimum absolute atomic E-state index is 0.0771. The van der Waals surface area contributed by atoms with Crippen LogP contribution in [0.15, 0.2) is 41.2 Å². The molecule has 1 saturated heterocycles. The highest BCUT2D eigenvalue weighted by Gasteiger charge is 2.21. The standard InChI is InChI=1S/C22H27N5O2/c1-15-7-5-6-8-16(15)21(28)23-17-13-19-20(26(4)22(29)25(19)3)14-18(17)27-11-9-24(2)10-12-27/h5-8,13-14H,9-12H2,1-4H3,(H,23,28). The number of piperazine rings is 1. The predicted octanol–water partition coefficient (Wildman–Crippen LogP) is 2.19. The predicted molar refractivity (Wildman–Crippen MR) is 117 cm³/mol. The van der Waals surface area contributed by atoms with Crippen molar-refractivity contribution in [1.82, 2.24) is 14.0 Å². The topological polar surface area (TPSA) is 62.5 Å². The van der Waals surface area contributed by atoms with Crippen molar-refractivity contribution in [2.24, 2.45) is 14.1 Å². The summed E-state index contributed by atoms with van der Waals surface area (Å²) in [5.41, 5.74) is 4.85. The Balaban J connectivity index is 1.81. The molecule has 7 heteroatoms. The van der Waals surface area contributed by atoms with Gasteiger partial charge in [-0.3, -0.25) is 13.9 Å². The van der Waals surface area contributed by atoms with E-state index in [0.717, 1.165) is 54.2 Å². The van der Waals surface area contributed by atoms with Crippen LogP contribution < -0.4 is 15.9 Å². The Morgan fingerprint density at radius 3 is 2.21 bits per heavy atom. The molecular weight excluding hydrogens is 366 g/mol. The van der Waals surface area contributed by atoms with Crippen LogP contribution in [0.2, 0.25) is 0 Å². The first-order valence-corrected chi connectivity index (χ1v) is 9.86. The molecule has 1 amide bonds. The SMILES string of the molecule is Cc1ccccc1C(=O)Nc1cc2c(cc1N1CCN(C)CC1)n(C)c(=O)n2C. The molecule has 0 atom stereocenters. The minimum Gasteiger partial charge on any atom is -0.367 e. The van der Waals surface area contributed by atoms with Gasteiger partial charge in [-0.2, -0.15) is 0 Å². The Morgan fingerprint density at radius 1 is 0.931 bits per heavy atom. The molecule has 0 radical (unpaired) electrons. The Labute approximate surface area is 170 Å². The molecule has 0 spiro atoms. The number of carbonyl (C=O) groups is 1. The number of fused-ring (bicyclic) bond motifs is 1. The number of hydrogen-bond donors (Lipinski definition) is 1. The van der Waals surface area contributed by atoms with Gasteiger partial charge in [-0.15, -0.1) is 0 Å². The van der Waals surface area contributed by atoms with Crippen LogP contribution in [-0.2, 0) is 14.1 Å². The van der Waals surface area contributed by atoms with E-state index in [9.17, 15) is 9.59 Å². The number of rotatable bonds is 3. The maximum Gasteiger partial charge on any atom is 0.328 e. The zero-order chi connectivity index (χ0) is 20.7. The molecule has 0 bridgehead atoms. The van der Waals surface area contributed by atoms with E-state index in [1.807, 2.05) is 43.3 Å². The lowest BCUT2D eigenvalue weighted by molar-refractivity contribution is 0.102. The van der Waals surface area contributed by atoms with Crippen molar-refractivity contribution >= 4 is 28.3 Å². The Bertz CT molecular complexity index is 1140. The van der Waals surface area contributed by atoms with E-state index in [1.54, 1.807) is 23.2 Å². The second-order valence-electron chi connectivity index (χ2n) is 7.82. The number of benzene rings is 2. The van der Waals surface area contributed by atoms with Crippen molar-refractivity contribution < 1.29 is 4.79 Å². The van der Waals surface area contributed by atoms with Gasteiger partial charge in [0.25, 0.3) is 5.91 Å². The van der Waals surface area contributed by atoms with Crippen LogP contribution in [0, 0.1) is 6.92 Å². The molecule has 29 heavy (non-hydrogen) atoms. The molecule has 152 valence electrons.